The molecule has 0 atom stereocenters. The number of hydrogen-bond acceptors (Lipinski definition) is 4. The van der Waals surface area contributed by atoms with Crippen LogP contribution in [0.1, 0.15) is 10.4 Å². The second-order valence-corrected chi connectivity index (χ2v) is 5.35. The maximum atomic E-state index is 11.5. The van der Waals surface area contributed by atoms with Crippen LogP contribution in [-0.4, -0.2) is 34.5 Å². The highest BCUT2D eigenvalue weighted by molar-refractivity contribution is 6.30. The van der Waals surface area contributed by atoms with Gasteiger partial charge in [-0.15, -0.1) is 0 Å². The van der Waals surface area contributed by atoms with Crippen LogP contribution in [0.15, 0.2) is 42.5 Å². The Bertz CT molecular complexity index is 827. The minimum Gasteiger partial charge on any atom is -0.388 e. The molecule has 0 aliphatic rings. The molecular formula is C16H14ClN3O2. The van der Waals surface area contributed by atoms with Gasteiger partial charge in [0.25, 0.3) is 0 Å². The summed E-state index contributed by atoms with van der Waals surface area (Å²) in [6, 6.07) is 12.5. The number of imidazole rings is 1. The zero-order valence-corrected chi connectivity index (χ0v) is 12.6. The molecule has 2 N–H and O–H groups in total. The molecule has 22 heavy (non-hydrogen) atoms. The number of halogens is 1. The molecule has 3 rings (SSSR count). The second-order valence-electron chi connectivity index (χ2n) is 4.91. The Labute approximate surface area is 132 Å². The van der Waals surface area contributed by atoms with Gasteiger partial charge < -0.3 is 15.0 Å². The monoisotopic (exact) mass is 315 g/mol. The number of anilines is 2. The van der Waals surface area contributed by atoms with Gasteiger partial charge in [-0.05, 0) is 42.5 Å². The van der Waals surface area contributed by atoms with Crippen LogP contribution in [0.25, 0.3) is 11.0 Å². The van der Waals surface area contributed by atoms with Crippen LogP contribution in [-0.2, 0) is 0 Å². The number of nitrogens with zero attached hydrogens (tertiary/aromatic N) is 2. The number of carbonyl (C=O) groups excluding carboxylic acids is 1. The summed E-state index contributed by atoms with van der Waals surface area (Å²) in [4.78, 5) is 21.1. The van der Waals surface area contributed by atoms with E-state index in [9.17, 15) is 4.79 Å². The molecular weight excluding hydrogens is 302 g/mol. The van der Waals surface area contributed by atoms with E-state index in [2.05, 4.69) is 9.97 Å². The van der Waals surface area contributed by atoms with Gasteiger partial charge in [-0.2, -0.15) is 0 Å². The minimum absolute atomic E-state index is 0.316. The van der Waals surface area contributed by atoms with E-state index < -0.39 is 6.61 Å². The molecule has 2 aromatic carbocycles. The Morgan fingerprint density at radius 2 is 2.00 bits per heavy atom. The molecule has 5 nitrogen and oxygen atoms in total. The predicted octanol–water partition coefficient (Wildman–Crippen LogP) is 3.16. The molecule has 0 aliphatic carbocycles. The Balaban J connectivity index is 1.97. The number of hydrogen-bond donors (Lipinski definition) is 2. The number of nitrogens with one attached hydrogen (secondary N) is 1. The highest BCUT2D eigenvalue weighted by atomic mass is 35.5. The van der Waals surface area contributed by atoms with E-state index in [1.54, 1.807) is 18.2 Å². The molecule has 0 aliphatic heterocycles. The van der Waals surface area contributed by atoms with Gasteiger partial charge in [0.05, 0.1) is 11.0 Å². The molecule has 0 spiro atoms. The lowest BCUT2D eigenvalue weighted by Gasteiger charge is -2.15. The number of carbonyl (C=O) groups is 1. The van der Waals surface area contributed by atoms with Crippen molar-refractivity contribution in [2.45, 2.75) is 0 Å². The highest BCUT2D eigenvalue weighted by Gasteiger charge is 2.11. The van der Waals surface area contributed by atoms with Gasteiger partial charge in [0.2, 0.25) is 5.95 Å². The van der Waals surface area contributed by atoms with Crippen molar-refractivity contribution in [2.24, 2.45) is 0 Å². The smallest absolute Gasteiger partial charge is 0.208 e. The third-order valence-electron chi connectivity index (χ3n) is 3.47. The van der Waals surface area contributed by atoms with E-state index in [1.807, 2.05) is 36.2 Å². The molecule has 1 aromatic heterocycles. The van der Waals surface area contributed by atoms with Crippen LogP contribution in [0.5, 0.6) is 0 Å². The van der Waals surface area contributed by atoms with Crippen LogP contribution >= 0.6 is 11.6 Å². The van der Waals surface area contributed by atoms with Crippen molar-refractivity contribution in [1.29, 1.82) is 0 Å². The first-order chi connectivity index (χ1) is 10.6. The van der Waals surface area contributed by atoms with Gasteiger partial charge >= 0.3 is 0 Å². The third-order valence-corrected chi connectivity index (χ3v) is 3.72. The van der Waals surface area contributed by atoms with Crippen molar-refractivity contribution in [3.63, 3.8) is 0 Å². The van der Waals surface area contributed by atoms with E-state index in [1.165, 1.54) is 0 Å². The molecule has 0 fully saturated rings. The Kier molecular flexibility index (Phi) is 3.83. The average Bonchev–Trinajstić information content (AvgIpc) is 2.97. The third kappa shape index (κ3) is 2.68. The number of aliphatic hydroxyl groups excluding tert-OH is 1. The van der Waals surface area contributed by atoms with Crippen molar-refractivity contribution in [3.05, 3.63) is 53.1 Å². The molecule has 112 valence electrons. The average molecular weight is 316 g/mol. The molecule has 6 heteroatoms. The fourth-order valence-electron chi connectivity index (χ4n) is 2.21. The summed E-state index contributed by atoms with van der Waals surface area (Å²) in [6.07, 6.45) is 0. The summed E-state index contributed by atoms with van der Waals surface area (Å²) in [5.41, 5.74) is 2.90. The molecule has 0 bridgehead atoms. The molecule has 0 unspecified atom stereocenters. The second kappa shape index (κ2) is 5.79. The summed E-state index contributed by atoms with van der Waals surface area (Å²) in [6.45, 7) is -0.503. The van der Waals surface area contributed by atoms with Gasteiger partial charge in [-0.1, -0.05) is 11.6 Å². The van der Waals surface area contributed by atoms with Crippen LogP contribution in [0, 0.1) is 0 Å². The number of ketones is 1. The van der Waals surface area contributed by atoms with Crippen molar-refractivity contribution in [2.75, 3.05) is 18.6 Å². The number of rotatable bonds is 4. The number of aliphatic hydroxyl groups is 1. The minimum atomic E-state index is -0.503. The molecule has 0 radical (unpaired) electrons. The standard InChI is InChI=1S/C16H14ClN3O2/c1-20(12-5-3-11(17)4-6-12)16-18-13-7-2-10(15(22)9-21)8-14(13)19-16/h2-8,21H,9H2,1H3,(H,18,19). The largest absolute Gasteiger partial charge is 0.388 e. The van der Waals surface area contributed by atoms with Gasteiger partial charge in [-0.3, -0.25) is 4.79 Å². The number of Topliss-reactive ketones (excluding diaryl/α,β-unsaturated/α-hetero) is 1. The lowest BCUT2D eigenvalue weighted by atomic mass is 10.1. The van der Waals surface area contributed by atoms with Crippen LogP contribution in [0.2, 0.25) is 5.02 Å². The highest BCUT2D eigenvalue weighted by Crippen LogP contribution is 2.25. The van der Waals surface area contributed by atoms with Crippen molar-refractivity contribution in [3.8, 4) is 0 Å². The number of benzene rings is 2. The molecule has 1 heterocycles. The number of H-pyrrole nitrogens is 1. The fourth-order valence-corrected chi connectivity index (χ4v) is 2.33. The Morgan fingerprint density at radius 3 is 2.68 bits per heavy atom. The van der Waals surface area contributed by atoms with E-state index in [4.69, 9.17) is 16.7 Å². The summed E-state index contributed by atoms with van der Waals surface area (Å²) < 4.78 is 0. The quantitative estimate of drug-likeness (QED) is 0.726. The predicted molar refractivity (Wildman–Crippen MR) is 87.0 cm³/mol. The van der Waals surface area contributed by atoms with Crippen molar-refractivity contribution in [1.82, 2.24) is 9.97 Å². The Hall–Kier alpha value is -2.37. The first-order valence-corrected chi connectivity index (χ1v) is 7.09. The van der Waals surface area contributed by atoms with Crippen LogP contribution in [0.3, 0.4) is 0 Å². The number of aromatic amines is 1. The van der Waals surface area contributed by atoms with Gasteiger partial charge in [0.15, 0.2) is 5.78 Å². The van der Waals surface area contributed by atoms with Crippen molar-refractivity contribution >= 4 is 40.1 Å². The summed E-state index contributed by atoms with van der Waals surface area (Å²) in [5.74, 6) is 0.343. The number of aromatic nitrogens is 2. The first kappa shape index (κ1) is 14.6. The zero-order chi connectivity index (χ0) is 15.7. The SMILES string of the molecule is CN(c1ccc(Cl)cc1)c1nc2ccc(C(=O)CO)cc2[nH]1. The van der Waals surface area contributed by atoms with Gasteiger partial charge in [0.1, 0.15) is 6.61 Å². The first-order valence-electron chi connectivity index (χ1n) is 6.71. The Morgan fingerprint density at radius 1 is 1.27 bits per heavy atom. The maximum Gasteiger partial charge on any atom is 0.208 e. The van der Waals surface area contributed by atoms with Crippen molar-refractivity contribution < 1.29 is 9.90 Å². The summed E-state index contributed by atoms with van der Waals surface area (Å²) >= 11 is 5.89. The van der Waals surface area contributed by atoms with E-state index in [0.29, 0.717) is 16.5 Å². The van der Waals surface area contributed by atoms with E-state index in [-0.39, 0.29) is 5.78 Å². The van der Waals surface area contributed by atoms with E-state index >= 15 is 0 Å². The zero-order valence-electron chi connectivity index (χ0n) is 11.9. The van der Waals surface area contributed by atoms with Crippen LogP contribution in [0.4, 0.5) is 11.6 Å². The maximum absolute atomic E-state index is 11.5. The lowest BCUT2D eigenvalue weighted by molar-refractivity contribution is 0.0904. The van der Waals surface area contributed by atoms with Crippen LogP contribution < -0.4 is 4.90 Å². The van der Waals surface area contributed by atoms with Gasteiger partial charge in [-0.25, -0.2) is 4.98 Å². The normalized spacial score (nSPS) is 10.9. The molecule has 0 amide bonds. The fraction of sp³-hybridized carbons (Fsp3) is 0.125. The molecule has 3 aromatic rings. The molecule has 0 saturated heterocycles. The van der Waals surface area contributed by atoms with E-state index in [0.717, 1.165) is 16.7 Å². The summed E-state index contributed by atoms with van der Waals surface area (Å²) in [7, 11) is 1.89. The lowest BCUT2D eigenvalue weighted by Crippen LogP contribution is -2.10. The summed E-state index contributed by atoms with van der Waals surface area (Å²) in [5, 5.41) is 9.61. The topological polar surface area (TPSA) is 69.2 Å². The number of fused-ring (bicyclic) bond motifs is 1. The van der Waals surface area contributed by atoms with Gasteiger partial charge in [0, 0.05) is 23.3 Å². The molecule has 0 saturated carbocycles.